The van der Waals surface area contributed by atoms with E-state index >= 15 is 0 Å². The van der Waals surface area contributed by atoms with Crippen molar-refractivity contribution in [3.05, 3.63) is 36.0 Å². The van der Waals surface area contributed by atoms with Crippen LogP contribution in [0.15, 0.2) is 30.5 Å². The molecule has 0 fully saturated rings. The first kappa shape index (κ1) is 13.6. The molecule has 0 radical (unpaired) electrons. The smallest absolute Gasteiger partial charge is 0.128 e. The highest BCUT2D eigenvalue weighted by atomic mass is 16.5. The van der Waals surface area contributed by atoms with Crippen molar-refractivity contribution in [1.82, 2.24) is 15.1 Å². The molecule has 0 amide bonds. The number of para-hydroxylation sites is 1. The number of nitrogens with one attached hydrogen (secondary N) is 1. The second-order valence-corrected chi connectivity index (χ2v) is 4.39. The summed E-state index contributed by atoms with van der Waals surface area (Å²) in [5.41, 5.74) is 3.24. The molecule has 4 heteroatoms. The highest BCUT2D eigenvalue weighted by Gasteiger charge is 2.13. The van der Waals surface area contributed by atoms with Crippen molar-refractivity contribution in [3.8, 4) is 17.0 Å². The largest absolute Gasteiger partial charge is 0.493 e. The Labute approximate surface area is 114 Å². The minimum atomic E-state index is 0.659. The van der Waals surface area contributed by atoms with E-state index in [9.17, 15) is 0 Å². The Bertz CT molecular complexity index is 534. The van der Waals surface area contributed by atoms with E-state index in [4.69, 9.17) is 4.74 Å². The normalized spacial score (nSPS) is 10.7. The minimum Gasteiger partial charge on any atom is -0.493 e. The van der Waals surface area contributed by atoms with Gasteiger partial charge >= 0.3 is 0 Å². The van der Waals surface area contributed by atoms with E-state index in [0.717, 1.165) is 30.1 Å². The zero-order chi connectivity index (χ0) is 13.7. The van der Waals surface area contributed by atoms with Crippen molar-refractivity contribution in [2.75, 3.05) is 13.2 Å². The third-order valence-electron chi connectivity index (χ3n) is 2.91. The quantitative estimate of drug-likeness (QED) is 0.866. The van der Waals surface area contributed by atoms with Gasteiger partial charge in [-0.05, 0) is 25.6 Å². The minimum absolute atomic E-state index is 0.659. The number of hydrogen-bond donors (Lipinski definition) is 1. The maximum absolute atomic E-state index is 5.69. The molecule has 0 saturated carbocycles. The first-order chi connectivity index (χ1) is 9.26. The van der Waals surface area contributed by atoms with E-state index in [1.54, 1.807) is 0 Å². The van der Waals surface area contributed by atoms with Crippen LogP contribution in [0.2, 0.25) is 0 Å². The van der Waals surface area contributed by atoms with Crippen LogP contribution in [-0.2, 0) is 13.6 Å². The Morgan fingerprint density at radius 2 is 2.05 bits per heavy atom. The van der Waals surface area contributed by atoms with Gasteiger partial charge in [0.2, 0.25) is 0 Å². The Hall–Kier alpha value is -1.81. The molecule has 1 aromatic heterocycles. The van der Waals surface area contributed by atoms with Crippen LogP contribution in [0.3, 0.4) is 0 Å². The molecule has 0 spiro atoms. The van der Waals surface area contributed by atoms with E-state index in [-0.39, 0.29) is 0 Å². The fourth-order valence-corrected chi connectivity index (χ4v) is 2.10. The molecule has 0 aliphatic heterocycles. The number of aromatic nitrogens is 2. The van der Waals surface area contributed by atoms with Crippen molar-refractivity contribution >= 4 is 0 Å². The number of ether oxygens (including phenoxy) is 1. The lowest BCUT2D eigenvalue weighted by Crippen LogP contribution is -2.11. The Balaban J connectivity index is 2.40. The van der Waals surface area contributed by atoms with E-state index < -0.39 is 0 Å². The summed E-state index contributed by atoms with van der Waals surface area (Å²) in [4.78, 5) is 0. The van der Waals surface area contributed by atoms with E-state index in [1.165, 1.54) is 5.56 Å². The third kappa shape index (κ3) is 3.15. The molecule has 0 saturated heterocycles. The molecular formula is C15H21N3O. The average Bonchev–Trinajstić information content (AvgIpc) is 2.78. The van der Waals surface area contributed by atoms with Crippen LogP contribution in [0.25, 0.3) is 11.3 Å². The van der Waals surface area contributed by atoms with Gasteiger partial charge in [-0.3, -0.25) is 4.68 Å². The van der Waals surface area contributed by atoms with Crippen molar-refractivity contribution in [3.63, 3.8) is 0 Å². The zero-order valence-electron chi connectivity index (χ0n) is 11.8. The number of nitrogens with zero attached hydrogens (tertiary/aromatic N) is 2. The van der Waals surface area contributed by atoms with Crippen molar-refractivity contribution < 1.29 is 4.74 Å². The highest BCUT2D eigenvalue weighted by Crippen LogP contribution is 2.31. The van der Waals surface area contributed by atoms with Crippen LogP contribution in [0.4, 0.5) is 0 Å². The van der Waals surface area contributed by atoms with E-state index in [1.807, 2.05) is 36.9 Å². The second-order valence-electron chi connectivity index (χ2n) is 4.39. The molecule has 102 valence electrons. The van der Waals surface area contributed by atoms with Crippen LogP contribution in [-0.4, -0.2) is 22.9 Å². The van der Waals surface area contributed by atoms with Gasteiger partial charge in [-0.15, -0.1) is 0 Å². The van der Waals surface area contributed by atoms with Gasteiger partial charge in [0, 0.05) is 30.9 Å². The standard InChI is InChI=1S/C15H21N3O/c1-4-16-10-12-11-18(3)17-15(12)13-8-6-7-9-14(13)19-5-2/h6-9,11,16H,4-5,10H2,1-3H3. The fourth-order valence-electron chi connectivity index (χ4n) is 2.10. The maximum atomic E-state index is 5.69. The van der Waals surface area contributed by atoms with Gasteiger partial charge in [0.1, 0.15) is 11.4 Å². The van der Waals surface area contributed by atoms with Crippen LogP contribution < -0.4 is 10.1 Å². The van der Waals surface area contributed by atoms with Gasteiger partial charge in [0.15, 0.2) is 0 Å². The van der Waals surface area contributed by atoms with Crippen molar-refractivity contribution in [1.29, 1.82) is 0 Å². The Morgan fingerprint density at radius 1 is 1.26 bits per heavy atom. The molecule has 0 aliphatic carbocycles. The van der Waals surface area contributed by atoms with E-state index in [0.29, 0.717) is 6.61 Å². The predicted octanol–water partition coefficient (Wildman–Crippen LogP) is 2.60. The summed E-state index contributed by atoms with van der Waals surface area (Å²) in [7, 11) is 1.95. The molecule has 19 heavy (non-hydrogen) atoms. The zero-order valence-corrected chi connectivity index (χ0v) is 11.8. The average molecular weight is 259 g/mol. The summed E-state index contributed by atoms with van der Waals surface area (Å²) in [5, 5.41) is 7.92. The Morgan fingerprint density at radius 3 is 2.79 bits per heavy atom. The molecular weight excluding hydrogens is 238 g/mol. The van der Waals surface area contributed by atoms with Gasteiger partial charge in [-0.25, -0.2) is 0 Å². The molecule has 1 N–H and O–H groups in total. The lowest BCUT2D eigenvalue weighted by Gasteiger charge is -2.09. The molecule has 0 aliphatic rings. The highest BCUT2D eigenvalue weighted by molar-refractivity contribution is 5.69. The molecule has 1 aromatic carbocycles. The maximum Gasteiger partial charge on any atom is 0.128 e. The first-order valence-corrected chi connectivity index (χ1v) is 6.71. The molecule has 0 atom stereocenters. The number of aryl methyl sites for hydroxylation is 1. The monoisotopic (exact) mass is 259 g/mol. The molecule has 2 rings (SSSR count). The van der Waals surface area contributed by atoms with Crippen LogP contribution in [0.5, 0.6) is 5.75 Å². The van der Waals surface area contributed by atoms with Crippen molar-refractivity contribution in [2.24, 2.45) is 7.05 Å². The van der Waals surface area contributed by atoms with Crippen LogP contribution in [0, 0.1) is 0 Å². The van der Waals surface area contributed by atoms with Crippen LogP contribution in [0.1, 0.15) is 19.4 Å². The SMILES string of the molecule is CCNCc1cn(C)nc1-c1ccccc1OCC. The van der Waals surface area contributed by atoms with Crippen molar-refractivity contribution in [2.45, 2.75) is 20.4 Å². The first-order valence-electron chi connectivity index (χ1n) is 6.71. The molecule has 2 aromatic rings. The topological polar surface area (TPSA) is 39.1 Å². The van der Waals surface area contributed by atoms with Gasteiger partial charge < -0.3 is 10.1 Å². The third-order valence-corrected chi connectivity index (χ3v) is 2.91. The van der Waals surface area contributed by atoms with Gasteiger partial charge in [-0.2, -0.15) is 5.10 Å². The van der Waals surface area contributed by atoms with E-state index in [2.05, 4.69) is 29.6 Å². The van der Waals surface area contributed by atoms with Gasteiger partial charge in [-0.1, -0.05) is 19.1 Å². The summed E-state index contributed by atoms with van der Waals surface area (Å²) in [6.07, 6.45) is 2.06. The fraction of sp³-hybridized carbons (Fsp3) is 0.400. The molecule has 1 heterocycles. The number of hydrogen-bond acceptors (Lipinski definition) is 3. The second kappa shape index (κ2) is 6.38. The summed E-state index contributed by atoms with van der Waals surface area (Å²) in [6, 6.07) is 8.05. The lowest BCUT2D eigenvalue weighted by atomic mass is 10.1. The van der Waals surface area contributed by atoms with Gasteiger partial charge in [0.25, 0.3) is 0 Å². The van der Waals surface area contributed by atoms with Gasteiger partial charge in [0.05, 0.1) is 6.61 Å². The summed E-state index contributed by atoms with van der Waals surface area (Å²) in [6.45, 7) is 6.52. The Kier molecular flexibility index (Phi) is 4.58. The molecule has 0 bridgehead atoms. The van der Waals surface area contributed by atoms with Crippen LogP contribution >= 0.6 is 0 Å². The molecule has 0 unspecified atom stereocenters. The number of rotatable bonds is 6. The predicted molar refractivity (Wildman–Crippen MR) is 77.2 cm³/mol. The molecule has 4 nitrogen and oxygen atoms in total. The summed E-state index contributed by atoms with van der Waals surface area (Å²) >= 11 is 0. The summed E-state index contributed by atoms with van der Waals surface area (Å²) in [5.74, 6) is 0.890. The lowest BCUT2D eigenvalue weighted by molar-refractivity contribution is 0.341. The number of benzene rings is 1. The summed E-state index contributed by atoms with van der Waals surface area (Å²) < 4.78 is 7.54.